The lowest BCUT2D eigenvalue weighted by Gasteiger charge is -2.34. The Labute approximate surface area is 112 Å². The van der Waals surface area contributed by atoms with E-state index in [0.717, 1.165) is 31.6 Å². The predicted molar refractivity (Wildman–Crippen MR) is 74.5 cm³/mol. The summed E-state index contributed by atoms with van der Waals surface area (Å²) in [4.78, 5) is 13.0. The Morgan fingerprint density at radius 3 is 2.95 bits per heavy atom. The molecule has 2 heterocycles. The lowest BCUT2D eigenvalue weighted by molar-refractivity contribution is 0.109. The third kappa shape index (κ3) is 2.41. The van der Waals surface area contributed by atoms with Gasteiger partial charge in [0, 0.05) is 12.2 Å². The summed E-state index contributed by atoms with van der Waals surface area (Å²) in [6.07, 6.45) is 1.88. The Bertz CT molecular complexity index is 588. The van der Waals surface area contributed by atoms with Crippen LogP contribution >= 0.6 is 0 Å². The molecule has 2 aromatic rings. The summed E-state index contributed by atoms with van der Waals surface area (Å²) in [6, 6.07) is 12.1. The van der Waals surface area contributed by atoms with Crippen molar-refractivity contribution in [2.24, 2.45) is 5.92 Å². The maximum absolute atomic E-state index is 10.7. The second-order valence-electron chi connectivity index (χ2n) is 5.24. The molecule has 0 saturated carbocycles. The van der Waals surface area contributed by atoms with Crippen molar-refractivity contribution in [3.8, 4) is 0 Å². The van der Waals surface area contributed by atoms with E-state index in [1.807, 2.05) is 6.07 Å². The van der Waals surface area contributed by atoms with Crippen molar-refractivity contribution < 1.29 is 9.21 Å². The number of fused-ring (bicyclic) bond motifs is 1. The first kappa shape index (κ1) is 12.0. The first-order chi connectivity index (χ1) is 9.26. The van der Waals surface area contributed by atoms with Gasteiger partial charge in [0.2, 0.25) is 0 Å². The second kappa shape index (κ2) is 4.92. The zero-order chi connectivity index (χ0) is 13.2. The van der Waals surface area contributed by atoms with E-state index in [-0.39, 0.29) is 0 Å². The molecule has 0 spiro atoms. The number of benzene rings is 1. The number of furan rings is 1. The summed E-state index contributed by atoms with van der Waals surface area (Å²) >= 11 is 0. The molecule has 0 fully saturated rings. The molecular weight excluding hydrogens is 238 g/mol. The van der Waals surface area contributed by atoms with Gasteiger partial charge in [-0.15, -0.1) is 0 Å². The van der Waals surface area contributed by atoms with Crippen molar-refractivity contribution in [1.82, 2.24) is 0 Å². The zero-order valence-corrected chi connectivity index (χ0v) is 11.0. The van der Waals surface area contributed by atoms with Crippen LogP contribution in [0.4, 0.5) is 5.69 Å². The monoisotopic (exact) mass is 255 g/mol. The average Bonchev–Trinajstić information content (AvgIpc) is 2.86. The summed E-state index contributed by atoms with van der Waals surface area (Å²) in [5, 5.41) is 0. The molecule has 1 aliphatic rings. The van der Waals surface area contributed by atoms with Crippen LogP contribution in [-0.4, -0.2) is 12.8 Å². The standard InChI is InChI=1S/C16H17NO2/c1-12-8-13-4-2-3-5-16(13)17(9-12)10-14-6-7-15(11-18)19-14/h2-7,11-12H,8-10H2,1H3. The number of para-hydroxylation sites is 1. The van der Waals surface area contributed by atoms with Crippen LogP contribution in [0.2, 0.25) is 0 Å². The molecule has 19 heavy (non-hydrogen) atoms. The minimum Gasteiger partial charge on any atom is -0.456 e. The SMILES string of the molecule is CC1Cc2ccccc2N(Cc2ccc(C=O)o2)C1. The van der Waals surface area contributed by atoms with Gasteiger partial charge in [-0.05, 0) is 36.1 Å². The highest BCUT2D eigenvalue weighted by Crippen LogP contribution is 2.30. The highest BCUT2D eigenvalue weighted by Gasteiger charge is 2.22. The van der Waals surface area contributed by atoms with E-state index in [1.54, 1.807) is 6.07 Å². The second-order valence-corrected chi connectivity index (χ2v) is 5.24. The molecule has 0 N–H and O–H groups in total. The molecule has 0 saturated heterocycles. The van der Waals surface area contributed by atoms with Crippen LogP contribution in [0.3, 0.4) is 0 Å². The number of hydrogen-bond donors (Lipinski definition) is 0. The van der Waals surface area contributed by atoms with Gasteiger partial charge in [-0.2, -0.15) is 0 Å². The van der Waals surface area contributed by atoms with Crippen LogP contribution in [0, 0.1) is 5.92 Å². The van der Waals surface area contributed by atoms with Crippen molar-refractivity contribution in [3.63, 3.8) is 0 Å². The number of carbonyl (C=O) groups excluding carboxylic acids is 1. The van der Waals surface area contributed by atoms with E-state index in [9.17, 15) is 4.79 Å². The van der Waals surface area contributed by atoms with Crippen LogP contribution in [0.1, 0.15) is 28.8 Å². The van der Waals surface area contributed by atoms with E-state index in [1.165, 1.54) is 11.3 Å². The van der Waals surface area contributed by atoms with Gasteiger partial charge in [0.25, 0.3) is 0 Å². The van der Waals surface area contributed by atoms with Crippen molar-refractivity contribution in [1.29, 1.82) is 0 Å². The normalized spacial score (nSPS) is 18.2. The molecule has 1 atom stereocenters. The molecule has 0 aliphatic carbocycles. The Morgan fingerprint density at radius 1 is 1.32 bits per heavy atom. The molecule has 1 unspecified atom stereocenters. The molecular formula is C16H17NO2. The molecule has 0 radical (unpaired) electrons. The summed E-state index contributed by atoms with van der Waals surface area (Å²) < 4.78 is 5.48. The molecule has 1 aromatic carbocycles. The number of hydrogen-bond acceptors (Lipinski definition) is 3. The van der Waals surface area contributed by atoms with Gasteiger partial charge in [0.05, 0.1) is 6.54 Å². The third-order valence-corrected chi connectivity index (χ3v) is 3.58. The van der Waals surface area contributed by atoms with Crippen LogP contribution in [0.5, 0.6) is 0 Å². The molecule has 98 valence electrons. The van der Waals surface area contributed by atoms with E-state index in [4.69, 9.17) is 4.42 Å². The van der Waals surface area contributed by atoms with Gasteiger partial charge >= 0.3 is 0 Å². The maximum Gasteiger partial charge on any atom is 0.185 e. The summed E-state index contributed by atoms with van der Waals surface area (Å²) in [7, 11) is 0. The van der Waals surface area contributed by atoms with Gasteiger partial charge in [0.15, 0.2) is 12.0 Å². The van der Waals surface area contributed by atoms with Crippen molar-refractivity contribution in [3.05, 3.63) is 53.5 Å². The van der Waals surface area contributed by atoms with Gasteiger partial charge < -0.3 is 9.32 Å². The molecule has 0 amide bonds. The molecule has 3 nitrogen and oxygen atoms in total. The molecule has 0 bridgehead atoms. The van der Waals surface area contributed by atoms with Crippen molar-refractivity contribution >= 4 is 12.0 Å². The van der Waals surface area contributed by atoms with Crippen LogP contribution in [0.25, 0.3) is 0 Å². The topological polar surface area (TPSA) is 33.5 Å². The number of aldehydes is 1. The Kier molecular flexibility index (Phi) is 3.11. The summed E-state index contributed by atoms with van der Waals surface area (Å²) in [5.41, 5.74) is 2.67. The fraction of sp³-hybridized carbons (Fsp3) is 0.312. The molecule has 3 rings (SSSR count). The largest absolute Gasteiger partial charge is 0.456 e. The van der Waals surface area contributed by atoms with E-state index >= 15 is 0 Å². The number of rotatable bonds is 3. The summed E-state index contributed by atoms with van der Waals surface area (Å²) in [6.45, 7) is 4.01. The quantitative estimate of drug-likeness (QED) is 0.789. The predicted octanol–water partition coefficient (Wildman–Crippen LogP) is 3.29. The molecule has 1 aromatic heterocycles. The lowest BCUT2D eigenvalue weighted by atomic mass is 9.94. The summed E-state index contributed by atoms with van der Waals surface area (Å²) in [5.74, 6) is 1.87. The minimum absolute atomic E-state index is 0.397. The van der Waals surface area contributed by atoms with E-state index in [0.29, 0.717) is 11.7 Å². The maximum atomic E-state index is 10.7. The van der Waals surface area contributed by atoms with E-state index < -0.39 is 0 Å². The van der Waals surface area contributed by atoms with Crippen molar-refractivity contribution in [2.75, 3.05) is 11.4 Å². The highest BCUT2D eigenvalue weighted by atomic mass is 16.3. The Hall–Kier alpha value is -2.03. The number of nitrogens with zero attached hydrogens (tertiary/aromatic N) is 1. The minimum atomic E-state index is 0.397. The lowest BCUT2D eigenvalue weighted by Crippen LogP contribution is -2.33. The Balaban J connectivity index is 1.86. The van der Waals surface area contributed by atoms with Crippen LogP contribution < -0.4 is 4.90 Å². The van der Waals surface area contributed by atoms with Gasteiger partial charge in [-0.3, -0.25) is 4.79 Å². The molecule has 3 heteroatoms. The van der Waals surface area contributed by atoms with Crippen molar-refractivity contribution in [2.45, 2.75) is 19.9 Å². The van der Waals surface area contributed by atoms with Crippen LogP contribution in [0.15, 0.2) is 40.8 Å². The highest BCUT2D eigenvalue weighted by molar-refractivity contribution is 5.70. The fourth-order valence-corrected chi connectivity index (χ4v) is 2.79. The van der Waals surface area contributed by atoms with Gasteiger partial charge in [-0.25, -0.2) is 0 Å². The van der Waals surface area contributed by atoms with Crippen LogP contribution in [-0.2, 0) is 13.0 Å². The van der Waals surface area contributed by atoms with E-state index in [2.05, 4.69) is 36.1 Å². The number of anilines is 1. The third-order valence-electron chi connectivity index (χ3n) is 3.58. The smallest absolute Gasteiger partial charge is 0.185 e. The first-order valence-electron chi connectivity index (χ1n) is 6.63. The zero-order valence-electron chi connectivity index (χ0n) is 11.0. The fourth-order valence-electron chi connectivity index (χ4n) is 2.79. The van der Waals surface area contributed by atoms with Gasteiger partial charge in [-0.1, -0.05) is 25.1 Å². The molecule has 1 aliphatic heterocycles. The number of carbonyl (C=O) groups is 1. The average molecular weight is 255 g/mol. The Morgan fingerprint density at radius 2 is 2.16 bits per heavy atom. The van der Waals surface area contributed by atoms with Gasteiger partial charge in [0.1, 0.15) is 5.76 Å². The first-order valence-corrected chi connectivity index (χ1v) is 6.63.